The molecule has 140 valence electrons. The molecule has 0 spiro atoms. The molecule has 0 unspecified atom stereocenters. The lowest BCUT2D eigenvalue weighted by molar-refractivity contribution is -0.147. The smallest absolute Gasteiger partial charge is 0.344 e. The van der Waals surface area contributed by atoms with Crippen LogP contribution in [0.3, 0.4) is 0 Å². The molecule has 5 nitrogen and oxygen atoms in total. The second-order valence-corrected chi connectivity index (χ2v) is 7.35. The van der Waals surface area contributed by atoms with Crippen LogP contribution in [0, 0.1) is 0 Å². The molecule has 5 heteroatoms. The average molecular weight is 366 g/mol. The standard InChI is InChI=1S/C22H22O5/c1-22(2,3)17-8-4-15(5-9-17)13-26-21(24)14-25-18-10-6-16-7-11-20(23)27-19(16)12-18/h4-12H,13-14H2,1-3H3. The van der Waals surface area contributed by atoms with Crippen molar-refractivity contribution in [2.24, 2.45) is 0 Å². The Kier molecular flexibility index (Phi) is 5.31. The fourth-order valence-electron chi connectivity index (χ4n) is 2.58. The van der Waals surface area contributed by atoms with Crippen molar-refractivity contribution in [2.45, 2.75) is 32.8 Å². The van der Waals surface area contributed by atoms with Crippen molar-refractivity contribution in [3.05, 3.63) is 76.1 Å². The van der Waals surface area contributed by atoms with Gasteiger partial charge in [-0.2, -0.15) is 0 Å². The third-order valence-electron chi connectivity index (χ3n) is 4.17. The van der Waals surface area contributed by atoms with Crippen molar-refractivity contribution in [3.8, 4) is 5.75 Å². The second kappa shape index (κ2) is 7.66. The molecule has 0 aliphatic heterocycles. The number of benzene rings is 2. The summed E-state index contributed by atoms with van der Waals surface area (Å²) in [5.74, 6) is -0.0344. The molecule has 27 heavy (non-hydrogen) atoms. The third-order valence-corrected chi connectivity index (χ3v) is 4.17. The van der Waals surface area contributed by atoms with E-state index in [0.29, 0.717) is 11.3 Å². The molecular formula is C22H22O5. The Balaban J connectivity index is 1.53. The Labute approximate surface area is 157 Å². The minimum atomic E-state index is -0.468. The number of fused-ring (bicyclic) bond motifs is 1. The predicted molar refractivity (Wildman–Crippen MR) is 103 cm³/mol. The molecule has 0 aliphatic rings. The quantitative estimate of drug-likeness (QED) is 0.500. The molecule has 0 N–H and O–H groups in total. The fraction of sp³-hybridized carbons (Fsp3) is 0.273. The Morgan fingerprint density at radius 3 is 2.41 bits per heavy atom. The zero-order valence-corrected chi connectivity index (χ0v) is 15.7. The zero-order chi connectivity index (χ0) is 19.4. The van der Waals surface area contributed by atoms with Gasteiger partial charge in [0.15, 0.2) is 6.61 Å². The topological polar surface area (TPSA) is 65.7 Å². The van der Waals surface area contributed by atoms with Gasteiger partial charge in [-0.1, -0.05) is 45.0 Å². The van der Waals surface area contributed by atoms with Crippen LogP contribution in [0.1, 0.15) is 31.9 Å². The van der Waals surface area contributed by atoms with Crippen LogP contribution in [-0.4, -0.2) is 12.6 Å². The van der Waals surface area contributed by atoms with Crippen molar-refractivity contribution in [2.75, 3.05) is 6.61 Å². The minimum absolute atomic E-state index is 0.0854. The highest BCUT2D eigenvalue weighted by Crippen LogP contribution is 2.22. The average Bonchev–Trinajstić information content (AvgIpc) is 2.64. The number of esters is 1. The van der Waals surface area contributed by atoms with E-state index < -0.39 is 11.6 Å². The molecule has 0 fully saturated rings. The van der Waals surface area contributed by atoms with Crippen LogP contribution in [0.5, 0.6) is 5.75 Å². The SMILES string of the molecule is CC(C)(C)c1ccc(COC(=O)COc2ccc3ccc(=O)oc3c2)cc1. The van der Waals surface area contributed by atoms with Gasteiger partial charge in [-0.15, -0.1) is 0 Å². The lowest BCUT2D eigenvalue weighted by atomic mass is 9.87. The highest BCUT2D eigenvalue weighted by Gasteiger charge is 2.13. The van der Waals surface area contributed by atoms with E-state index >= 15 is 0 Å². The molecule has 1 heterocycles. The monoisotopic (exact) mass is 366 g/mol. The summed E-state index contributed by atoms with van der Waals surface area (Å²) < 4.78 is 15.8. The molecule has 0 amide bonds. The third kappa shape index (κ3) is 4.97. The molecule has 3 aromatic rings. The summed E-state index contributed by atoms with van der Waals surface area (Å²) in [6.45, 7) is 6.42. The lowest BCUT2D eigenvalue weighted by Gasteiger charge is -2.19. The number of ether oxygens (including phenoxy) is 2. The Morgan fingerprint density at radius 1 is 1.00 bits per heavy atom. The molecule has 0 radical (unpaired) electrons. The number of rotatable bonds is 5. The minimum Gasteiger partial charge on any atom is -0.482 e. The van der Waals surface area contributed by atoms with Crippen molar-refractivity contribution in [1.29, 1.82) is 0 Å². The van der Waals surface area contributed by atoms with Gasteiger partial charge in [-0.25, -0.2) is 9.59 Å². The summed E-state index contributed by atoms with van der Waals surface area (Å²) in [5.41, 5.74) is 2.21. The van der Waals surface area contributed by atoms with Crippen molar-refractivity contribution < 1.29 is 18.7 Å². The summed E-state index contributed by atoms with van der Waals surface area (Å²) in [7, 11) is 0. The Hall–Kier alpha value is -3.08. The number of hydrogen-bond acceptors (Lipinski definition) is 5. The first-order valence-electron chi connectivity index (χ1n) is 8.73. The van der Waals surface area contributed by atoms with Crippen LogP contribution < -0.4 is 10.4 Å². The normalized spacial score (nSPS) is 11.4. The van der Waals surface area contributed by atoms with Gasteiger partial charge in [0.1, 0.15) is 17.9 Å². The maximum absolute atomic E-state index is 11.9. The zero-order valence-electron chi connectivity index (χ0n) is 15.7. The fourth-order valence-corrected chi connectivity index (χ4v) is 2.58. The molecule has 0 aliphatic carbocycles. The summed E-state index contributed by atoms with van der Waals surface area (Å²) >= 11 is 0. The maximum atomic E-state index is 11.9. The van der Waals surface area contributed by atoms with Gasteiger partial charge in [0.2, 0.25) is 0 Å². The van der Waals surface area contributed by atoms with Crippen LogP contribution in [0.2, 0.25) is 0 Å². The summed E-state index contributed by atoms with van der Waals surface area (Å²) in [4.78, 5) is 23.2. The van der Waals surface area contributed by atoms with Crippen LogP contribution in [0.25, 0.3) is 11.0 Å². The highest BCUT2D eigenvalue weighted by atomic mass is 16.6. The van der Waals surface area contributed by atoms with Gasteiger partial charge < -0.3 is 13.9 Å². The van der Waals surface area contributed by atoms with Crippen LogP contribution in [0.4, 0.5) is 0 Å². The molecule has 0 atom stereocenters. The van der Waals surface area contributed by atoms with Crippen molar-refractivity contribution >= 4 is 16.9 Å². The van der Waals surface area contributed by atoms with Crippen molar-refractivity contribution in [3.63, 3.8) is 0 Å². The molecule has 0 saturated heterocycles. The number of carbonyl (C=O) groups excluding carboxylic acids is 1. The second-order valence-electron chi connectivity index (χ2n) is 7.35. The van der Waals surface area contributed by atoms with E-state index in [4.69, 9.17) is 13.9 Å². The van der Waals surface area contributed by atoms with Gasteiger partial charge >= 0.3 is 11.6 Å². The van der Waals surface area contributed by atoms with E-state index in [1.807, 2.05) is 24.3 Å². The van der Waals surface area contributed by atoms with Crippen molar-refractivity contribution in [1.82, 2.24) is 0 Å². The van der Waals surface area contributed by atoms with E-state index in [0.717, 1.165) is 10.9 Å². The van der Waals surface area contributed by atoms with E-state index in [-0.39, 0.29) is 18.6 Å². The molecular weight excluding hydrogens is 344 g/mol. The van der Waals surface area contributed by atoms with Gasteiger partial charge in [0, 0.05) is 17.5 Å². The van der Waals surface area contributed by atoms with Gasteiger partial charge in [0.05, 0.1) is 0 Å². The number of hydrogen-bond donors (Lipinski definition) is 0. The number of carbonyl (C=O) groups is 1. The van der Waals surface area contributed by atoms with Crippen LogP contribution in [-0.2, 0) is 21.6 Å². The van der Waals surface area contributed by atoms with Crippen LogP contribution in [0.15, 0.2) is 63.8 Å². The highest BCUT2D eigenvalue weighted by molar-refractivity contribution is 5.78. The molecule has 0 saturated carbocycles. The molecule has 2 aromatic carbocycles. The Morgan fingerprint density at radius 2 is 1.70 bits per heavy atom. The summed E-state index contributed by atoms with van der Waals surface area (Å²) in [6, 6.07) is 16.1. The molecule has 3 rings (SSSR count). The first kappa shape index (κ1) is 18.7. The van der Waals surface area contributed by atoms with Gasteiger partial charge in [-0.05, 0) is 34.7 Å². The lowest BCUT2D eigenvalue weighted by Crippen LogP contribution is -2.15. The van der Waals surface area contributed by atoms with Gasteiger partial charge in [0.25, 0.3) is 0 Å². The van der Waals surface area contributed by atoms with Crippen LogP contribution >= 0.6 is 0 Å². The first-order valence-corrected chi connectivity index (χ1v) is 8.73. The molecule has 1 aromatic heterocycles. The Bertz CT molecular complexity index is 994. The molecule has 0 bridgehead atoms. The van der Waals surface area contributed by atoms with E-state index in [2.05, 4.69) is 20.8 Å². The van der Waals surface area contributed by atoms with E-state index in [9.17, 15) is 9.59 Å². The van der Waals surface area contributed by atoms with Gasteiger partial charge in [-0.3, -0.25) is 0 Å². The maximum Gasteiger partial charge on any atom is 0.344 e. The van der Waals surface area contributed by atoms with E-state index in [1.54, 1.807) is 24.3 Å². The largest absolute Gasteiger partial charge is 0.482 e. The summed E-state index contributed by atoms with van der Waals surface area (Å²) in [6.07, 6.45) is 0. The van der Waals surface area contributed by atoms with E-state index in [1.165, 1.54) is 11.6 Å². The summed E-state index contributed by atoms with van der Waals surface area (Å²) in [5, 5.41) is 0.781. The first-order chi connectivity index (χ1) is 12.8. The predicted octanol–water partition coefficient (Wildman–Crippen LogP) is 4.21.